The third-order valence-electron chi connectivity index (χ3n) is 1.15. The van der Waals surface area contributed by atoms with Crippen molar-refractivity contribution in [3.8, 4) is 0 Å². The zero-order valence-corrected chi connectivity index (χ0v) is 7.45. The van der Waals surface area contributed by atoms with Gasteiger partial charge < -0.3 is 11.1 Å². The molecule has 0 heterocycles. The lowest BCUT2D eigenvalue weighted by atomic mass is 10.4. The van der Waals surface area contributed by atoms with Gasteiger partial charge in [-0.1, -0.05) is 6.08 Å². The van der Waals surface area contributed by atoms with Crippen molar-refractivity contribution < 1.29 is 0 Å². The molecule has 0 aliphatic rings. The van der Waals surface area contributed by atoms with E-state index in [2.05, 4.69) is 10.7 Å². The number of hydrogen-bond donors (Lipinski definition) is 2. The molecule has 0 radical (unpaired) electrons. The topological polar surface area (TPSA) is 38.0 Å². The van der Waals surface area contributed by atoms with E-state index in [-0.39, 0.29) is 6.17 Å². The van der Waals surface area contributed by atoms with Crippen LogP contribution in [0.1, 0.15) is 13.3 Å². The highest BCUT2D eigenvalue weighted by Crippen LogP contribution is 2.03. The van der Waals surface area contributed by atoms with Crippen molar-refractivity contribution in [1.29, 1.82) is 0 Å². The van der Waals surface area contributed by atoms with E-state index in [1.54, 1.807) is 11.8 Å². The zero-order chi connectivity index (χ0) is 7.82. The average Bonchev–Trinajstić information content (AvgIpc) is 1.98. The van der Waals surface area contributed by atoms with Gasteiger partial charge in [-0.05, 0) is 25.8 Å². The van der Waals surface area contributed by atoms with Crippen LogP contribution in [-0.2, 0) is 0 Å². The molecule has 3 heteroatoms. The van der Waals surface area contributed by atoms with Crippen LogP contribution >= 0.6 is 11.8 Å². The van der Waals surface area contributed by atoms with Crippen LogP contribution in [0.5, 0.6) is 0 Å². The first kappa shape index (κ1) is 10.0. The number of allylic oxidation sites excluding steroid dienone is 1. The molecular formula is C7H16N2S. The van der Waals surface area contributed by atoms with Gasteiger partial charge in [-0.15, -0.1) is 11.8 Å². The third-order valence-corrected chi connectivity index (χ3v) is 2.09. The second-order valence-electron chi connectivity index (χ2n) is 2.02. The molecule has 0 aliphatic heterocycles. The van der Waals surface area contributed by atoms with E-state index in [1.165, 1.54) is 0 Å². The average molecular weight is 160 g/mol. The smallest absolute Gasteiger partial charge is 0.0551 e. The molecule has 1 unspecified atom stereocenters. The van der Waals surface area contributed by atoms with Gasteiger partial charge in [-0.2, -0.15) is 0 Å². The predicted molar refractivity (Wildman–Crippen MR) is 48.9 cm³/mol. The van der Waals surface area contributed by atoms with E-state index in [1.807, 2.05) is 20.0 Å². The van der Waals surface area contributed by atoms with Crippen LogP contribution in [-0.4, -0.2) is 19.0 Å². The molecule has 0 aromatic heterocycles. The lowest BCUT2D eigenvalue weighted by Crippen LogP contribution is -2.34. The Morgan fingerprint density at radius 1 is 1.70 bits per heavy atom. The van der Waals surface area contributed by atoms with E-state index < -0.39 is 0 Å². The summed E-state index contributed by atoms with van der Waals surface area (Å²) < 4.78 is 0. The SMILES string of the molecule is C/C=C\SCCC(N)NC. The minimum absolute atomic E-state index is 0.151. The van der Waals surface area contributed by atoms with Crippen LogP contribution in [0.15, 0.2) is 11.5 Å². The van der Waals surface area contributed by atoms with Gasteiger partial charge >= 0.3 is 0 Å². The van der Waals surface area contributed by atoms with Gasteiger partial charge in [0.1, 0.15) is 0 Å². The summed E-state index contributed by atoms with van der Waals surface area (Å²) in [6.45, 7) is 2.02. The van der Waals surface area contributed by atoms with Crippen molar-refractivity contribution in [3.05, 3.63) is 11.5 Å². The monoisotopic (exact) mass is 160 g/mol. The Bertz CT molecular complexity index is 93.6. The van der Waals surface area contributed by atoms with E-state index in [9.17, 15) is 0 Å². The predicted octanol–water partition coefficient (Wildman–Crippen LogP) is 1.15. The Kier molecular flexibility index (Phi) is 7.13. The summed E-state index contributed by atoms with van der Waals surface area (Å²) in [7, 11) is 1.88. The maximum absolute atomic E-state index is 5.61. The maximum atomic E-state index is 5.61. The lowest BCUT2D eigenvalue weighted by Gasteiger charge is -2.07. The van der Waals surface area contributed by atoms with E-state index in [4.69, 9.17) is 5.73 Å². The fourth-order valence-electron chi connectivity index (χ4n) is 0.504. The first-order chi connectivity index (χ1) is 4.81. The van der Waals surface area contributed by atoms with Crippen molar-refractivity contribution in [3.63, 3.8) is 0 Å². The summed E-state index contributed by atoms with van der Waals surface area (Å²) in [6.07, 6.45) is 3.21. The highest BCUT2D eigenvalue weighted by atomic mass is 32.2. The minimum atomic E-state index is 0.151. The van der Waals surface area contributed by atoms with Gasteiger partial charge in [0, 0.05) is 5.75 Å². The number of nitrogens with two attached hydrogens (primary N) is 1. The number of hydrogen-bond acceptors (Lipinski definition) is 3. The molecule has 2 nitrogen and oxygen atoms in total. The molecule has 1 atom stereocenters. The second-order valence-corrected chi connectivity index (χ2v) is 3.04. The van der Waals surface area contributed by atoms with Crippen molar-refractivity contribution in [1.82, 2.24) is 5.32 Å². The fourth-order valence-corrected chi connectivity index (χ4v) is 1.22. The normalized spacial score (nSPS) is 14.3. The number of rotatable bonds is 5. The zero-order valence-electron chi connectivity index (χ0n) is 6.63. The number of thioether (sulfide) groups is 1. The standard InChI is InChI=1S/C7H16N2S/c1-3-5-10-6-4-7(8)9-2/h3,5,7,9H,4,6,8H2,1-2H3/b5-3-. The van der Waals surface area contributed by atoms with Crippen LogP contribution < -0.4 is 11.1 Å². The van der Waals surface area contributed by atoms with Gasteiger partial charge in [-0.25, -0.2) is 0 Å². The number of nitrogens with one attached hydrogen (secondary N) is 1. The molecule has 0 amide bonds. The molecule has 0 rings (SSSR count). The molecular weight excluding hydrogens is 144 g/mol. The molecule has 0 aromatic rings. The molecule has 0 saturated heterocycles. The van der Waals surface area contributed by atoms with Crippen LogP contribution in [0, 0.1) is 0 Å². The molecule has 0 fully saturated rings. The molecule has 10 heavy (non-hydrogen) atoms. The summed E-state index contributed by atoms with van der Waals surface area (Å²) in [6, 6.07) is 0. The first-order valence-electron chi connectivity index (χ1n) is 3.47. The molecule has 60 valence electrons. The Morgan fingerprint density at radius 2 is 2.40 bits per heavy atom. The van der Waals surface area contributed by atoms with E-state index >= 15 is 0 Å². The summed E-state index contributed by atoms with van der Waals surface area (Å²) in [5.41, 5.74) is 5.61. The molecule has 0 saturated carbocycles. The highest BCUT2D eigenvalue weighted by Gasteiger charge is 1.94. The third kappa shape index (κ3) is 6.13. The summed E-state index contributed by atoms with van der Waals surface area (Å²) in [5, 5.41) is 5.07. The Balaban J connectivity index is 3.03. The van der Waals surface area contributed by atoms with Crippen molar-refractivity contribution in [2.45, 2.75) is 19.5 Å². The largest absolute Gasteiger partial charge is 0.316 e. The minimum Gasteiger partial charge on any atom is -0.316 e. The van der Waals surface area contributed by atoms with Gasteiger partial charge in [0.25, 0.3) is 0 Å². The van der Waals surface area contributed by atoms with Crippen LogP contribution in [0.3, 0.4) is 0 Å². The molecule has 0 bridgehead atoms. The highest BCUT2D eigenvalue weighted by molar-refractivity contribution is 8.02. The quantitative estimate of drug-likeness (QED) is 0.468. The van der Waals surface area contributed by atoms with Gasteiger partial charge in [0.05, 0.1) is 6.17 Å². The molecule has 0 aliphatic carbocycles. The second kappa shape index (κ2) is 7.12. The molecule has 0 spiro atoms. The maximum Gasteiger partial charge on any atom is 0.0551 e. The van der Waals surface area contributed by atoms with Crippen LogP contribution in [0.2, 0.25) is 0 Å². The van der Waals surface area contributed by atoms with Gasteiger partial charge in [0.15, 0.2) is 0 Å². The first-order valence-corrected chi connectivity index (χ1v) is 4.51. The van der Waals surface area contributed by atoms with Crippen LogP contribution in [0.4, 0.5) is 0 Å². The Morgan fingerprint density at radius 3 is 2.90 bits per heavy atom. The van der Waals surface area contributed by atoms with Crippen molar-refractivity contribution in [2.75, 3.05) is 12.8 Å². The van der Waals surface area contributed by atoms with Crippen molar-refractivity contribution in [2.24, 2.45) is 5.73 Å². The van der Waals surface area contributed by atoms with Gasteiger partial charge in [-0.3, -0.25) is 0 Å². The van der Waals surface area contributed by atoms with E-state index in [0.29, 0.717) is 0 Å². The Labute approximate surface area is 67.3 Å². The summed E-state index contributed by atoms with van der Waals surface area (Å²) in [5.74, 6) is 1.09. The molecule has 3 N–H and O–H groups in total. The van der Waals surface area contributed by atoms with E-state index in [0.717, 1.165) is 12.2 Å². The van der Waals surface area contributed by atoms with Crippen LogP contribution in [0.25, 0.3) is 0 Å². The summed E-state index contributed by atoms with van der Waals surface area (Å²) >= 11 is 1.80. The lowest BCUT2D eigenvalue weighted by molar-refractivity contribution is 0.572. The van der Waals surface area contributed by atoms with Crippen molar-refractivity contribution >= 4 is 11.8 Å². The van der Waals surface area contributed by atoms with Gasteiger partial charge in [0.2, 0.25) is 0 Å². The fraction of sp³-hybridized carbons (Fsp3) is 0.714. The Hall–Kier alpha value is 0.01000. The molecule has 0 aromatic carbocycles. The summed E-state index contributed by atoms with van der Waals surface area (Å²) in [4.78, 5) is 0.